The Bertz CT molecular complexity index is 3110. The monoisotopic (exact) mass is 1210 g/mol. The Morgan fingerprint density at radius 3 is 1.21 bits per heavy atom. The Balaban J connectivity index is 0.977. The molecule has 2 fully saturated rings. The van der Waals surface area contributed by atoms with E-state index in [4.69, 9.17) is 4.74 Å². The average molecular weight is 1210 g/mol. The minimum absolute atomic E-state index is 0.0956. The number of fused-ring (bicyclic) bond motifs is 2. The number of likely N-dealkylation sites (N-methyl/N-ethyl adjacent to an activating group) is 2. The summed E-state index contributed by atoms with van der Waals surface area (Å²) in [6.45, 7) is 13.0. The van der Waals surface area contributed by atoms with Gasteiger partial charge in [-0.1, -0.05) is 90.1 Å². The number of hydrogen-bond donors (Lipinski definition) is 6. The maximum Gasteiger partial charge on any atom is 0.246 e. The Morgan fingerprint density at radius 1 is 0.518 bits per heavy atom. The van der Waals surface area contributed by atoms with Gasteiger partial charge in [0, 0.05) is 39.3 Å². The number of nitrogens with one attached hydrogen (secondary N) is 6. The SMILES string of the molecule is CNC(C)C(=O)N[C@H](C(=O)N1CCN(S(=O)(=O)c2ccc(Oc3ccc(S(=O)(=O)N4CCN(C(=O)[C@@H](NC(=O)[C@H](C)NC)C(C)(C)C)[C@H](C(=O)N[C@@H]5CCCc6ccccc65)C4)cc3)cc2)C[C@H]1C(=O)N[C@@H]1CCCc2ccccc21)C(C)(C)C. The fourth-order valence-electron chi connectivity index (χ4n) is 11.5. The molecule has 2 saturated heterocycles. The molecule has 460 valence electrons. The summed E-state index contributed by atoms with van der Waals surface area (Å²) in [6, 6.07) is 20.5. The van der Waals surface area contributed by atoms with E-state index < -0.39 is 103 Å². The fourth-order valence-corrected chi connectivity index (χ4v) is 14.4. The first kappa shape index (κ1) is 64.2. The quantitative estimate of drug-likeness (QED) is 0.0800. The van der Waals surface area contributed by atoms with E-state index >= 15 is 0 Å². The Kier molecular flexibility index (Phi) is 20.0. The van der Waals surface area contributed by atoms with Crippen molar-refractivity contribution in [1.82, 2.24) is 50.3 Å². The molecule has 23 heteroatoms. The van der Waals surface area contributed by atoms with Gasteiger partial charge in [-0.3, -0.25) is 28.8 Å². The van der Waals surface area contributed by atoms with E-state index in [1.54, 1.807) is 27.9 Å². The average Bonchev–Trinajstić information content (AvgIpc) is 1.86. The molecule has 0 saturated carbocycles. The number of sulfonamides is 2. The molecule has 2 aliphatic heterocycles. The number of carbonyl (C=O) groups excluding carboxylic acids is 6. The van der Waals surface area contributed by atoms with Gasteiger partial charge in [-0.15, -0.1) is 0 Å². The predicted octanol–water partition coefficient (Wildman–Crippen LogP) is 4.55. The van der Waals surface area contributed by atoms with E-state index in [2.05, 4.69) is 31.9 Å². The van der Waals surface area contributed by atoms with E-state index in [0.717, 1.165) is 47.9 Å². The molecule has 0 aromatic heterocycles. The van der Waals surface area contributed by atoms with Crippen molar-refractivity contribution in [2.24, 2.45) is 10.8 Å². The highest BCUT2D eigenvalue weighted by atomic mass is 32.2. The van der Waals surface area contributed by atoms with Gasteiger partial charge in [-0.2, -0.15) is 8.61 Å². The highest BCUT2D eigenvalue weighted by Gasteiger charge is 2.47. The second-order valence-corrected chi connectivity index (χ2v) is 28.7. The second kappa shape index (κ2) is 26.5. The number of amides is 6. The summed E-state index contributed by atoms with van der Waals surface area (Å²) in [5.41, 5.74) is 2.59. The van der Waals surface area contributed by atoms with Crippen LogP contribution in [0.1, 0.15) is 115 Å². The van der Waals surface area contributed by atoms with E-state index in [1.165, 1.54) is 66.9 Å². The van der Waals surface area contributed by atoms with Crippen LogP contribution < -0.4 is 36.6 Å². The lowest BCUT2D eigenvalue weighted by Crippen LogP contribution is -2.66. The summed E-state index contributed by atoms with van der Waals surface area (Å²) in [6.07, 6.45) is 4.68. The highest BCUT2D eigenvalue weighted by molar-refractivity contribution is 7.89. The molecule has 0 spiro atoms. The number of nitrogens with zero attached hydrogens (tertiary/aromatic N) is 4. The molecular formula is C62H84N10O11S2. The molecule has 0 bridgehead atoms. The summed E-state index contributed by atoms with van der Waals surface area (Å²) in [7, 11) is -5.29. The molecule has 85 heavy (non-hydrogen) atoms. The fraction of sp³-hybridized carbons (Fsp3) is 0.516. The molecular weight excluding hydrogens is 1120 g/mol. The van der Waals surface area contributed by atoms with E-state index in [0.29, 0.717) is 12.8 Å². The molecule has 1 unspecified atom stereocenters. The topological polar surface area (TPSA) is 265 Å². The summed E-state index contributed by atoms with van der Waals surface area (Å²) < 4.78 is 66.5. The van der Waals surface area contributed by atoms with Gasteiger partial charge in [0.15, 0.2) is 0 Å². The molecule has 4 aromatic carbocycles. The Hall–Kier alpha value is -6.76. The van der Waals surface area contributed by atoms with Crippen LogP contribution >= 0.6 is 0 Å². The zero-order valence-corrected chi connectivity index (χ0v) is 52.1. The van der Waals surface area contributed by atoms with Gasteiger partial charge in [0.05, 0.1) is 34.0 Å². The summed E-state index contributed by atoms with van der Waals surface area (Å²) in [5.74, 6) is -2.39. The number of aryl methyl sites for hydroxylation is 2. The van der Waals surface area contributed by atoms with Crippen LogP contribution in [0, 0.1) is 10.8 Å². The molecule has 6 N–H and O–H groups in total. The summed E-state index contributed by atoms with van der Waals surface area (Å²) in [4.78, 5) is 87.4. The lowest BCUT2D eigenvalue weighted by Gasteiger charge is -2.43. The maximum absolute atomic E-state index is 14.7. The smallest absolute Gasteiger partial charge is 0.246 e. The zero-order valence-electron chi connectivity index (χ0n) is 50.4. The first-order valence-corrected chi connectivity index (χ1v) is 32.2. The van der Waals surface area contributed by atoms with Crippen molar-refractivity contribution in [3.63, 3.8) is 0 Å². The van der Waals surface area contributed by atoms with Crippen molar-refractivity contribution in [1.29, 1.82) is 0 Å². The second-order valence-electron chi connectivity index (χ2n) is 24.8. The highest BCUT2D eigenvalue weighted by Crippen LogP contribution is 2.35. The number of rotatable bonds is 18. The largest absolute Gasteiger partial charge is 0.457 e. The number of piperazine rings is 2. The molecule has 0 radical (unpaired) electrons. The third-order valence-electron chi connectivity index (χ3n) is 16.8. The van der Waals surface area contributed by atoms with Crippen LogP contribution in [-0.2, 0) is 61.7 Å². The molecule has 8 atom stereocenters. The lowest BCUT2D eigenvalue weighted by molar-refractivity contribution is -0.148. The van der Waals surface area contributed by atoms with Gasteiger partial charge in [0.2, 0.25) is 55.5 Å². The first-order valence-electron chi connectivity index (χ1n) is 29.3. The van der Waals surface area contributed by atoms with Gasteiger partial charge >= 0.3 is 0 Å². The van der Waals surface area contributed by atoms with Gasteiger partial charge in [0.25, 0.3) is 0 Å². The predicted molar refractivity (Wildman–Crippen MR) is 322 cm³/mol. The molecule has 6 amide bonds. The Labute approximate surface area is 500 Å². The standard InChI is InChI=1S/C62H84N10O11S2/c1-39(63-9)55(73)67-53(61(3,4)5)59(77)71-35-33-69(37-51(71)57(75)65-49-23-15-19-41-17-11-13-21-47(41)49)84(79,80)45-29-25-43(26-30-45)83-44-27-31-46(32-28-44)85(81,82)70-34-36-72(60(78)54(62(6,7)8)68-56(74)40(2)64-10)52(38-70)58(76)66-50-24-16-20-42-18-12-14-22-48(42)50/h11-14,17-18,21-22,25-32,39-40,49-54,63-64H,15-16,19-20,23-24,33-38H2,1-10H3,(H,65,75)(H,66,76)(H,67,73)(H,68,74)/t39-,40?,49+,50+,51-,52-,53+,54+/m0/s1. The molecule has 4 aromatic rings. The van der Waals surface area contributed by atoms with Crippen LogP contribution in [0.3, 0.4) is 0 Å². The van der Waals surface area contributed by atoms with Gasteiger partial charge < -0.3 is 46.4 Å². The summed E-state index contributed by atoms with van der Waals surface area (Å²) >= 11 is 0. The van der Waals surface area contributed by atoms with Crippen LogP contribution in [0.5, 0.6) is 11.5 Å². The maximum atomic E-state index is 14.7. The van der Waals surface area contributed by atoms with E-state index in [9.17, 15) is 45.6 Å². The number of carbonyl (C=O) groups is 6. The van der Waals surface area contributed by atoms with E-state index in [-0.39, 0.29) is 72.6 Å². The van der Waals surface area contributed by atoms with Crippen LogP contribution in [0.15, 0.2) is 107 Å². The van der Waals surface area contributed by atoms with Crippen LogP contribution in [-0.4, -0.2) is 160 Å². The van der Waals surface area contributed by atoms with Gasteiger partial charge in [0.1, 0.15) is 35.7 Å². The normalized spacial score (nSPS) is 21.2. The molecule has 8 rings (SSSR count). The molecule has 4 aliphatic rings. The third-order valence-corrected chi connectivity index (χ3v) is 20.6. The van der Waals surface area contributed by atoms with Crippen molar-refractivity contribution >= 4 is 55.5 Å². The molecule has 2 heterocycles. The molecule has 2 aliphatic carbocycles. The van der Waals surface area contributed by atoms with Crippen molar-refractivity contribution in [2.75, 3.05) is 53.4 Å². The Morgan fingerprint density at radius 2 is 0.871 bits per heavy atom. The van der Waals surface area contributed by atoms with Crippen molar-refractivity contribution in [3.8, 4) is 11.5 Å². The van der Waals surface area contributed by atoms with Gasteiger partial charge in [-0.25, -0.2) is 16.8 Å². The first-order chi connectivity index (χ1) is 40.1. The number of hydrogen-bond acceptors (Lipinski definition) is 13. The van der Waals surface area contributed by atoms with Crippen LogP contribution in [0.4, 0.5) is 0 Å². The minimum atomic E-state index is -4.28. The van der Waals surface area contributed by atoms with E-state index in [1.807, 2.05) is 90.1 Å². The van der Waals surface area contributed by atoms with Gasteiger partial charge in [-0.05, 0) is 148 Å². The lowest BCUT2D eigenvalue weighted by atomic mass is 9.85. The summed E-state index contributed by atoms with van der Waals surface area (Å²) in [5, 5.41) is 17.8. The van der Waals surface area contributed by atoms with Crippen molar-refractivity contribution in [2.45, 2.75) is 152 Å². The van der Waals surface area contributed by atoms with Crippen LogP contribution in [0.2, 0.25) is 0 Å². The zero-order chi connectivity index (χ0) is 61.8. The number of benzene rings is 4. The third kappa shape index (κ3) is 14.6. The minimum Gasteiger partial charge on any atom is -0.457 e. The van der Waals surface area contributed by atoms with Crippen molar-refractivity contribution in [3.05, 3.63) is 119 Å². The number of ether oxygens (including phenoxy) is 1. The molecule has 21 nitrogen and oxygen atoms in total. The van der Waals surface area contributed by atoms with Crippen molar-refractivity contribution < 1.29 is 50.3 Å². The van der Waals surface area contributed by atoms with Crippen LogP contribution in [0.25, 0.3) is 0 Å².